The zero-order valence-corrected chi connectivity index (χ0v) is 64.3. The van der Waals surface area contributed by atoms with Gasteiger partial charge in [-0.25, -0.2) is 15.0 Å². The summed E-state index contributed by atoms with van der Waals surface area (Å²) in [5, 5.41) is 2.53. The quantitative estimate of drug-likeness (QED) is 0.107. The molecule has 0 fully saturated rings. The number of hydrogen-bond acceptors (Lipinski definition) is 6. The molecule has 106 heavy (non-hydrogen) atoms. The van der Waals surface area contributed by atoms with Crippen LogP contribution in [0.3, 0.4) is 0 Å². The SMILES string of the molecule is [Ir].[Ir].[Ir].[c-]1ccc(-c2ccc(-c3cc(-c4ccccc4)cc(-c4ccccc4)c3)cc2)cc1-c1ccccn1.[c-]1ccc(-c2ccc(-c3nc(-c4ccccc4)nc(-c4ccccc4)n3)cc2)cc1-c1ccccn1.[c-]1ccc(-c2ccc3c4ccccc4n(-c4ccccc4)c3c2)cc1-c1ccccn1. The van der Waals surface area contributed by atoms with Gasteiger partial charge in [-0.05, 0) is 128 Å². The van der Waals surface area contributed by atoms with Gasteiger partial charge < -0.3 is 19.5 Å². The van der Waals surface area contributed by atoms with Crippen LogP contribution in [0.1, 0.15) is 0 Å². The summed E-state index contributed by atoms with van der Waals surface area (Å²) in [6.07, 6.45) is 5.44. The molecule has 0 atom stereocenters. The van der Waals surface area contributed by atoms with Crippen LogP contribution in [0.4, 0.5) is 0 Å². The Labute approximate surface area is 658 Å². The van der Waals surface area contributed by atoms with Gasteiger partial charge in [-0.3, -0.25) is 0 Å². The second kappa shape index (κ2) is 34.6. The van der Waals surface area contributed by atoms with Gasteiger partial charge in [0.05, 0.1) is 11.0 Å². The first-order valence-corrected chi connectivity index (χ1v) is 34.3. The van der Waals surface area contributed by atoms with Crippen molar-refractivity contribution >= 4 is 21.8 Å². The molecule has 5 aromatic heterocycles. The van der Waals surface area contributed by atoms with Crippen molar-refractivity contribution in [2.24, 2.45) is 0 Å². The fraction of sp³-hybridized carbons (Fsp3) is 0. The smallest absolute Gasteiger partial charge is 0.164 e. The summed E-state index contributed by atoms with van der Waals surface area (Å²) >= 11 is 0. The minimum atomic E-state index is 0. The Hall–Kier alpha value is -11.9. The fourth-order valence-electron chi connectivity index (χ4n) is 12.9. The number of fused-ring (bicyclic) bond motifs is 3. The van der Waals surface area contributed by atoms with E-state index in [0.717, 1.165) is 72.7 Å². The van der Waals surface area contributed by atoms with E-state index in [2.05, 4.69) is 274 Å². The van der Waals surface area contributed by atoms with Crippen LogP contribution in [-0.4, -0.2) is 34.5 Å². The van der Waals surface area contributed by atoms with E-state index in [1.165, 1.54) is 72.0 Å². The van der Waals surface area contributed by atoms with E-state index < -0.39 is 0 Å². The summed E-state index contributed by atoms with van der Waals surface area (Å²) in [6.45, 7) is 0. The maximum atomic E-state index is 4.82. The number of pyridine rings is 3. The van der Waals surface area contributed by atoms with Crippen LogP contribution in [0.25, 0.3) is 162 Å². The van der Waals surface area contributed by atoms with Gasteiger partial charge in [0.2, 0.25) is 0 Å². The first-order chi connectivity index (χ1) is 51.0. The third-order valence-electron chi connectivity index (χ3n) is 18.1. The topological polar surface area (TPSA) is 82.3 Å². The maximum Gasteiger partial charge on any atom is 0.164 e. The number of benzene rings is 13. The van der Waals surface area contributed by atoms with Crippen molar-refractivity contribution in [1.29, 1.82) is 0 Å². The molecular formula is C96H64Ir3N7-3. The summed E-state index contributed by atoms with van der Waals surface area (Å²) < 4.78 is 2.35. The van der Waals surface area contributed by atoms with Crippen LogP contribution in [-0.2, 0) is 60.3 Å². The molecule has 0 aliphatic heterocycles. The van der Waals surface area contributed by atoms with E-state index in [-0.39, 0.29) is 60.3 Å². The van der Waals surface area contributed by atoms with Crippen molar-refractivity contribution in [3.05, 3.63) is 407 Å². The second-order valence-electron chi connectivity index (χ2n) is 24.8. The average molecular weight is 1890 g/mol. The van der Waals surface area contributed by atoms with E-state index in [1.54, 1.807) is 6.20 Å². The van der Waals surface area contributed by atoms with E-state index in [0.29, 0.717) is 17.5 Å². The number of hydrogen-bond donors (Lipinski definition) is 0. The van der Waals surface area contributed by atoms with Crippen molar-refractivity contribution in [2.75, 3.05) is 0 Å². The monoisotopic (exact) mass is 1890 g/mol. The van der Waals surface area contributed by atoms with Crippen molar-refractivity contribution in [2.45, 2.75) is 0 Å². The summed E-state index contributed by atoms with van der Waals surface area (Å²) in [6, 6.07) is 137. The first kappa shape index (κ1) is 72.4. The Morgan fingerprint density at radius 3 is 0.896 bits per heavy atom. The molecule has 0 aliphatic rings. The molecule has 0 unspecified atom stereocenters. The number of rotatable bonds is 13. The van der Waals surface area contributed by atoms with E-state index in [4.69, 9.17) is 15.0 Å². The van der Waals surface area contributed by atoms with Crippen molar-refractivity contribution in [3.8, 4) is 140 Å². The third kappa shape index (κ3) is 16.7. The molecule has 0 aliphatic carbocycles. The maximum absolute atomic E-state index is 4.82. The van der Waals surface area contributed by atoms with Gasteiger partial charge in [0.1, 0.15) is 0 Å². The predicted octanol–water partition coefficient (Wildman–Crippen LogP) is 23.9. The molecule has 3 radical (unpaired) electrons. The van der Waals surface area contributed by atoms with Crippen LogP contribution in [0.2, 0.25) is 0 Å². The molecule has 13 aromatic carbocycles. The van der Waals surface area contributed by atoms with E-state index >= 15 is 0 Å². The zero-order chi connectivity index (χ0) is 68.9. The molecule has 0 saturated heterocycles. The minimum Gasteiger partial charge on any atom is -0.309 e. The Morgan fingerprint density at radius 2 is 0.500 bits per heavy atom. The molecule has 7 nitrogen and oxygen atoms in total. The molecule has 513 valence electrons. The van der Waals surface area contributed by atoms with Gasteiger partial charge in [0.25, 0.3) is 0 Å². The molecule has 0 saturated carbocycles. The minimum absolute atomic E-state index is 0. The third-order valence-corrected chi connectivity index (χ3v) is 18.1. The zero-order valence-electron chi connectivity index (χ0n) is 57.1. The van der Waals surface area contributed by atoms with Crippen LogP contribution in [0.5, 0.6) is 0 Å². The predicted molar refractivity (Wildman–Crippen MR) is 422 cm³/mol. The fourth-order valence-corrected chi connectivity index (χ4v) is 12.9. The van der Waals surface area contributed by atoms with Crippen molar-refractivity contribution in [1.82, 2.24) is 34.5 Å². The second-order valence-corrected chi connectivity index (χ2v) is 24.8. The number of nitrogens with zero attached hydrogens (tertiary/aromatic N) is 7. The average Bonchev–Trinajstić information content (AvgIpc) is 1.22. The van der Waals surface area contributed by atoms with Crippen LogP contribution in [0, 0.1) is 18.2 Å². The molecule has 18 rings (SSSR count). The van der Waals surface area contributed by atoms with Crippen LogP contribution < -0.4 is 0 Å². The van der Waals surface area contributed by atoms with Crippen molar-refractivity contribution in [3.63, 3.8) is 0 Å². The van der Waals surface area contributed by atoms with Gasteiger partial charge in [-0.1, -0.05) is 255 Å². The molecule has 0 N–H and O–H groups in total. The van der Waals surface area contributed by atoms with Gasteiger partial charge in [-0.15, -0.1) is 106 Å². The first-order valence-electron chi connectivity index (χ1n) is 34.3. The summed E-state index contributed by atoms with van der Waals surface area (Å²) in [4.78, 5) is 27.8. The summed E-state index contributed by atoms with van der Waals surface area (Å²) in [5.41, 5.74) is 26.3. The molecule has 18 aromatic rings. The molecule has 0 bridgehead atoms. The van der Waals surface area contributed by atoms with Gasteiger partial charge in [-0.2, -0.15) is 0 Å². The standard InChI is InChI=1S/C35H24N.C32H21N4.C29H19N2.3Ir/c1-3-10-26(11-4-1)32-23-33(27-12-5-2-6-13-27)25-34(24-32)29-19-17-28(18-20-29)30-14-9-15-31(22-30)35-16-7-8-21-36-35;1-3-10-24(11-4-1)30-34-31(25-12-5-2-6-13-25)36-32(35-30)26-19-17-23(18-20-26)27-14-9-15-28(22-27)29-16-7-8-21-33-29;1-2-11-24(12-3-1)31-28-15-5-4-13-25(28)26-17-16-22(20-29(26)31)21-9-8-10-23(19-21)27-14-6-7-18-30-27;;;/h1-14,16-25H;1-14,16-22H;1-9,11-20H;;;/q3*-1;;;. The van der Waals surface area contributed by atoms with Gasteiger partial charge in [0, 0.05) is 112 Å². The normalized spacial score (nSPS) is 10.6. The summed E-state index contributed by atoms with van der Waals surface area (Å²) in [5.74, 6) is 1.95. The Bertz CT molecular complexity index is 5520. The molecule has 5 heterocycles. The Morgan fingerprint density at radius 1 is 0.208 bits per heavy atom. The van der Waals surface area contributed by atoms with Crippen molar-refractivity contribution < 1.29 is 60.3 Å². The molecule has 10 heteroatoms. The van der Waals surface area contributed by atoms with Crippen LogP contribution in [0.15, 0.2) is 389 Å². The van der Waals surface area contributed by atoms with Gasteiger partial charge >= 0.3 is 0 Å². The Kier molecular flexibility index (Phi) is 23.6. The summed E-state index contributed by atoms with van der Waals surface area (Å²) in [7, 11) is 0. The van der Waals surface area contributed by atoms with Gasteiger partial charge in [0.15, 0.2) is 17.5 Å². The number of para-hydroxylation sites is 2. The molecule has 0 amide bonds. The molecular weight excluding hydrogens is 1830 g/mol. The van der Waals surface area contributed by atoms with E-state index in [1.807, 2.05) is 146 Å². The molecule has 0 spiro atoms. The largest absolute Gasteiger partial charge is 0.309 e. The number of aromatic nitrogens is 7. The van der Waals surface area contributed by atoms with Crippen LogP contribution >= 0.6 is 0 Å². The Balaban J connectivity index is 0.000000139. The van der Waals surface area contributed by atoms with E-state index in [9.17, 15) is 0 Å².